The molecule has 4 nitrogen and oxygen atoms in total. The second kappa shape index (κ2) is 5.67. The number of amides is 1. The van der Waals surface area contributed by atoms with E-state index in [0.29, 0.717) is 0 Å². The maximum atomic E-state index is 11.2. The van der Waals surface area contributed by atoms with E-state index in [1.54, 1.807) is 0 Å². The van der Waals surface area contributed by atoms with Gasteiger partial charge in [0.1, 0.15) is 19.4 Å². The fourth-order valence-electron chi connectivity index (χ4n) is 0.692. The smallest absolute Gasteiger partial charge is 0.363 e. The van der Waals surface area contributed by atoms with Crippen LogP contribution in [0.3, 0.4) is 0 Å². The van der Waals surface area contributed by atoms with E-state index < -0.39 is 19.4 Å². The van der Waals surface area contributed by atoms with Crippen molar-refractivity contribution < 1.29 is 9.63 Å². The van der Waals surface area contributed by atoms with Gasteiger partial charge in [-0.05, 0) is 10.1 Å². The van der Waals surface area contributed by atoms with Gasteiger partial charge in [-0.15, -0.1) is 0 Å². The Balaban J connectivity index is 3.60. The van der Waals surface area contributed by atoms with E-state index in [9.17, 15) is 4.79 Å². The van der Waals surface area contributed by atoms with Crippen LogP contribution in [-0.2, 0) is 4.84 Å². The average molecular weight is 248 g/mol. The van der Waals surface area contributed by atoms with Gasteiger partial charge in [0.15, 0.2) is 0 Å². The van der Waals surface area contributed by atoms with Crippen molar-refractivity contribution in [2.45, 2.75) is 51.6 Å². The van der Waals surface area contributed by atoms with Crippen LogP contribution in [0.5, 0.6) is 0 Å². The number of carbonyl (C=O) groups excluding carboxylic acids is 1. The average Bonchev–Trinajstić information content (AvgIpc) is 1.97. The van der Waals surface area contributed by atoms with Crippen molar-refractivity contribution in [2.75, 3.05) is 0 Å². The van der Waals surface area contributed by atoms with E-state index in [0.717, 1.165) is 0 Å². The van der Waals surface area contributed by atoms with Crippen molar-refractivity contribution in [3.63, 3.8) is 0 Å². The van der Waals surface area contributed by atoms with Crippen molar-refractivity contribution in [1.29, 1.82) is 0 Å². The Morgan fingerprint density at radius 3 is 1.87 bits per heavy atom. The molecule has 0 atom stereocenters. The Labute approximate surface area is 97.3 Å². The molecule has 0 saturated carbocycles. The minimum absolute atomic E-state index is 0.223. The Kier molecular flexibility index (Phi) is 5.54. The lowest BCUT2D eigenvalue weighted by Gasteiger charge is -2.19. The number of nitrogens with one attached hydrogen (secondary N) is 2. The van der Waals surface area contributed by atoms with Gasteiger partial charge in [0, 0.05) is 0 Å². The maximum absolute atomic E-state index is 11.2. The lowest BCUT2D eigenvalue weighted by Crippen LogP contribution is -2.38. The van der Waals surface area contributed by atoms with Crippen LogP contribution in [0.15, 0.2) is 0 Å². The number of hydrogen-bond acceptors (Lipinski definition) is 3. The van der Waals surface area contributed by atoms with Crippen LogP contribution in [0.2, 0.25) is 10.1 Å². The largest absolute Gasteiger partial charge is 0.417 e. The van der Waals surface area contributed by atoms with Gasteiger partial charge in [-0.25, -0.2) is 4.79 Å². The van der Waals surface area contributed by atoms with Crippen LogP contribution in [0.4, 0.5) is 4.79 Å². The van der Waals surface area contributed by atoms with Gasteiger partial charge >= 0.3 is 6.09 Å². The maximum Gasteiger partial charge on any atom is 0.417 e. The standard InChI is InChI=1S/C9H24N2O2Si2/c1-8(2,3)14-10-7(12)13-11-15-9(4,5)6/h11H,14-15H2,1-6H3,(H,10,12). The second-order valence-corrected chi connectivity index (χ2v) is 11.8. The molecule has 0 spiro atoms. The van der Waals surface area contributed by atoms with Gasteiger partial charge in [-0.2, -0.15) is 5.15 Å². The summed E-state index contributed by atoms with van der Waals surface area (Å²) in [6, 6.07) is 0. The van der Waals surface area contributed by atoms with Crippen LogP contribution in [0.25, 0.3) is 0 Å². The first kappa shape index (κ1) is 14.7. The molecule has 0 aromatic carbocycles. The minimum Gasteiger partial charge on any atom is -0.363 e. The summed E-state index contributed by atoms with van der Waals surface area (Å²) >= 11 is 0. The third-order valence-corrected chi connectivity index (χ3v) is 4.41. The SMILES string of the molecule is CC(C)(C)[SiH2]NOC(=O)N[SiH2]C(C)(C)C. The molecule has 0 aliphatic heterocycles. The van der Waals surface area contributed by atoms with E-state index in [2.05, 4.69) is 51.7 Å². The monoisotopic (exact) mass is 248 g/mol. The molecule has 0 rings (SSSR count). The molecule has 0 aromatic heterocycles. The highest BCUT2D eigenvalue weighted by Gasteiger charge is 2.15. The zero-order chi connectivity index (χ0) is 12.1. The number of rotatable bonds is 3. The van der Waals surface area contributed by atoms with Crippen molar-refractivity contribution in [3.05, 3.63) is 0 Å². The first-order chi connectivity index (χ1) is 6.60. The van der Waals surface area contributed by atoms with Crippen molar-refractivity contribution in [1.82, 2.24) is 10.1 Å². The van der Waals surface area contributed by atoms with Gasteiger partial charge < -0.3 is 9.82 Å². The molecule has 6 heteroatoms. The number of carbonyl (C=O) groups is 1. The van der Waals surface area contributed by atoms with Gasteiger partial charge in [0.05, 0.1) is 0 Å². The third kappa shape index (κ3) is 11.6. The summed E-state index contributed by atoms with van der Waals surface area (Å²) in [6.07, 6.45) is -0.326. The fourth-order valence-corrected chi connectivity index (χ4v) is 2.07. The zero-order valence-corrected chi connectivity index (χ0v) is 13.6. The molecule has 90 valence electrons. The van der Waals surface area contributed by atoms with Crippen LogP contribution in [0.1, 0.15) is 41.5 Å². The van der Waals surface area contributed by atoms with Crippen LogP contribution >= 0.6 is 0 Å². The fraction of sp³-hybridized carbons (Fsp3) is 0.889. The van der Waals surface area contributed by atoms with Gasteiger partial charge in [-0.3, -0.25) is 0 Å². The summed E-state index contributed by atoms with van der Waals surface area (Å²) in [6.45, 7) is 12.8. The number of hydrogen-bond donors (Lipinski definition) is 2. The van der Waals surface area contributed by atoms with E-state index in [4.69, 9.17) is 4.84 Å². The van der Waals surface area contributed by atoms with Crippen molar-refractivity contribution in [2.24, 2.45) is 0 Å². The predicted octanol–water partition coefficient (Wildman–Crippen LogP) is 0.822. The minimum atomic E-state index is -0.609. The highest BCUT2D eigenvalue weighted by Crippen LogP contribution is 2.18. The van der Waals surface area contributed by atoms with Gasteiger partial charge in [0.2, 0.25) is 0 Å². The molecule has 0 saturated heterocycles. The lowest BCUT2D eigenvalue weighted by molar-refractivity contribution is 0.129. The molecule has 1 amide bonds. The molecule has 0 radical (unpaired) electrons. The summed E-state index contributed by atoms with van der Waals surface area (Å²) in [5, 5.41) is 3.28. The molecule has 0 bridgehead atoms. The molecular weight excluding hydrogens is 224 g/mol. The van der Waals surface area contributed by atoms with Crippen LogP contribution in [0, 0.1) is 0 Å². The quantitative estimate of drug-likeness (QED) is 0.574. The normalized spacial score (nSPS) is 14.0. The molecule has 0 heterocycles. The predicted molar refractivity (Wildman–Crippen MR) is 69.3 cm³/mol. The summed E-state index contributed by atoms with van der Waals surface area (Å²) < 4.78 is 0. The topological polar surface area (TPSA) is 50.4 Å². The molecule has 0 fully saturated rings. The van der Waals surface area contributed by atoms with E-state index in [1.165, 1.54) is 0 Å². The third-order valence-electron chi connectivity index (χ3n) is 1.53. The highest BCUT2D eigenvalue weighted by atomic mass is 28.2. The molecular formula is C9H24N2O2Si2. The summed E-state index contributed by atoms with van der Waals surface area (Å²) in [5.41, 5.74) is 0. The van der Waals surface area contributed by atoms with E-state index in [1.807, 2.05) is 0 Å². The highest BCUT2D eigenvalue weighted by molar-refractivity contribution is 6.40. The summed E-state index contributed by atoms with van der Waals surface area (Å²) in [4.78, 5) is 19.0. The molecule has 0 aliphatic rings. The van der Waals surface area contributed by atoms with Gasteiger partial charge in [-0.1, -0.05) is 41.5 Å². The molecule has 0 unspecified atom stereocenters. The Bertz CT molecular complexity index is 209. The molecule has 15 heavy (non-hydrogen) atoms. The Morgan fingerprint density at radius 2 is 1.47 bits per heavy atom. The van der Waals surface area contributed by atoms with Gasteiger partial charge in [0.25, 0.3) is 0 Å². The summed E-state index contributed by atoms with van der Waals surface area (Å²) in [5.74, 6) is 0. The van der Waals surface area contributed by atoms with Crippen molar-refractivity contribution in [3.8, 4) is 0 Å². The van der Waals surface area contributed by atoms with E-state index in [-0.39, 0.29) is 16.2 Å². The van der Waals surface area contributed by atoms with Crippen molar-refractivity contribution >= 4 is 25.5 Å². The Morgan fingerprint density at radius 1 is 1.00 bits per heavy atom. The first-order valence-corrected chi connectivity index (χ1v) is 8.11. The molecule has 0 aromatic rings. The summed E-state index contributed by atoms with van der Waals surface area (Å²) in [7, 11) is -1.17. The second-order valence-electron chi connectivity index (χ2n) is 6.19. The van der Waals surface area contributed by atoms with Crippen LogP contribution < -0.4 is 10.1 Å². The molecule has 2 N–H and O–H groups in total. The lowest BCUT2D eigenvalue weighted by atomic mass is 10.3. The zero-order valence-electron chi connectivity index (χ0n) is 10.7. The van der Waals surface area contributed by atoms with E-state index >= 15 is 0 Å². The Hall–Kier alpha value is -0.336. The first-order valence-electron chi connectivity index (χ1n) is 5.28. The van der Waals surface area contributed by atoms with Crippen LogP contribution in [-0.4, -0.2) is 25.5 Å². The molecule has 0 aliphatic carbocycles.